The van der Waals surface area contributed by atoms with Crippen LogP contribution in [-0.4, -0.2) is 6.04 Å². The molecule has 0 aromatic heterocycles. The smallest absolute Gasteiger partial charge is 0.0278 e. The number of benzene rings is 1. The number of aryl methyl sites for hydroxylation is 1. The van der Waals surface area contributed by atoms with E-state index >= 15 is 0 Å². The van der Waals surface area contributed by atoms with Crippen molar-refractivity contribution < 1.29 is 0 Å². The molecule has 0 bridgehead atoms. The van der Waals surface area contributed by atoms with Crippen LogP contribution in [0.15, 0.2) is 56.3 Å². The van der Waals surface area contributed by atoms with Crippen LogP contribution in [0.2, 0.25) is 0 Å². The third-order valence-corrected chi connectivity index (χ3v) is 3.62. The van der Waals surface area contributed by atoms with Crippen molar-refractivity contribution >= 4 is 6.08 Å². The molecule has 0 fully saturated rings. The third-order valence-electron chi connectivity index (χ3n) is 3.62. The minimum absolute atomic E-state index is 0.256. The lowest BCUT2D eigenvalue weighted by atomic mass is 9.88. The molecular formula is C22H37N. The second kappa shape index (κ2) is 12.8. The molecule has 0 amide bonds. The molecule has 0 heterocycles. The lowest BCUT2D eigenvalue weighted by Crippen LogP contribution is -2.36. The number of allylic oxidation sites excluding steroid dienone is 1. The Hall–Kier alpha value is -1.76. The second-order valence-corrected chi connectivity index (χ2v) is 6.28. The zero-order valence-corrected chi connectivity index (χ0v) is 16.2. The summed E-state index contributed by atoms with van der Waals surface area (Å²) in [5.74, 6) is 0. The van der Waals surface area contributed by atoms with Gasteiger partial charge >= 0.3 is 0 Å². The lowest BCUT2D eigenvalue weighted by molar-refractivity contribution is 0.301. The van der Waals surface area contributed by atoms with Crippen LogP contribution in [0.5, 0.6) is 0 Å². The van der Waals surface area contributed by atoms with Crippen LogP contribution >= 0.6 is 0 Å². The number of hydrogen-bond acceptors (Lipinski definition) is 1. The summed E-state index contributed by atoms with van der Waals surface area (Å²) in [4.78, 5) is 0. The molecule has 0 aliphatic rings. The highest BCUT2D eigenvalue weighted by Gasteiger charge is 2.19. The first kappa shape index (κ1) is 23.5. The van der Waals surface area contributed by atoms with Crippen LogP contribution in [-0.2, 0) is 6.42 Å². The van der Waals surface area contributed by atoms with Crippen LogP contribution in [0.3, 0.4) is 0 Å². The molecular weight excluding hydrogens is 278 g/mol. The molecule has 1 rings (SSSR count). The Morgan fingerprint density at radius 2 is 1.78 bits per heavy atom. The molecule has 1 aromatic carbocycles. The molecule has 0 aliphatic carbocycles. The minimum Gasteiger partial charge on any atom is -0.386 e. The summed E-state index contributed by atoms with van der Waals surface area (Å²) >= 11 is 0. The van der Waals surface area contributed by atoms with Gasteiger partial charge < -0.3 is 5.32 Å². The Bertz CT molecular complexity index is 451. The number of nitrogens with one attached hydrogen (secondary N) is 1. The van der Waals surface area contributed by atoms with Gasteiger partial charge in [0.05, 0.1) is 0 Å². The summed E-state index contributed by atoms with van der Waals surface area (Å²) in [6, 6.07) is 8.94. The van der Waals surface area contributed by atoms with Crippen molar-refractivity contribution in [2.45, 2.75) is 60.4 Å². The average molecular weight is 316 g/mol. The second-order valence-electron chi connectivity index (χ2n) is 6.28. The first-order valence-electron chi connectivity index (χ1n) is 8.48. The Kier molecular flexibility index (Phi) is 13.0. The standard InChI is InChI=1S/C18H27N.C2H6.C2H4/c1-7-16-9-8-10-17(13-16)12-11-14(2)19-15(3)18(4,5)6;2*1-2/h7-10,13,15,19H,1-2,11-12H2,3-6H3;1-2H3;1-2H2. The van der Waals surface area contributed by atoms with E-state index in [2.05, 4.69) is 83.6 Å². The third kappa shape index (κ3) is 10.6. The van der Waals surface area contributed by atoms with Crippen molar-refractivity contribution in [3.05, 3.63) is 67.4 Å². The predicted octanol–water partition coefficient (Wildman–Crippen LogP) is 6.63. The van der Waals surface area contributed by atoms with Gasteiger partial charge in [-0.15, -0.1) is 13.2 Å². The van der Waals surface area contributed by atoms with Gasteiger partial charge in [0.25, 0.3) is 0 Å². The van der Waals surface area contributed by atoms with Crippen molar-refractivity contribution in [1.29, 1.82) is 0 Å². The Labute approximate surface area is 145 Å². The predicted molar refractivity (Wildman–Crippen MR) is 109 cm³/mol. The van der Waals surface area contributed by atoms with Gasteiger partial charge in [-0.3, -0.25) is 0 Å². The summed E-state index contributed by atoms with van der Waals surface area (Å²) in [5.41, 5.74) is 3.89. The molecule has 0 aliphatic heterocycles. The zero-order chi connectivity index (χ0) is 18.5. The number of hydrogen-bond donors (Lipinski definition) is 1. The van der Waals surface area contributed by atoms with Crippen LogP contribution in [0, 0.1) is 5.41 Å². The van der Waals surface area contributed by atoms with Crippen molar-refractivity contribution in [2.75, 3.05) is 0 Å². The fourth-order valence-corrected chi connectivity index (χ4v) is 1.77. The van der Waals surface area contributed by atoms with E-state index in [4.69, 9.17) is 0 Å². The van der Waals surface area contributed by atoms with Gasteiger partial charge in [-0.1, -0.05) is 78.1 Å². The fraction of sp³-hybridized carbons (Fsp3) is 0.455. The average Bonchev–Trinajstić information content (AvgIpc) is 2.56. The quantitative estimate of drug-likeness (QED) is 0.581. The van der Waals surface area contributed by atoms with E-state index in [0.717, 1.165) is 18.5 Å². The molecule has 23 heavy (non-hydrogen) atoms. The largest absolute Gasteiger partial charge is 0.386 e. The summed E-state index contributed by atoms with van der Waals surface area (Å²) in [6.45, 7) is 26.9. The maximum atomic E-state index is 4.13. The molecule has 130 valence electrons. The highest BCUT2D eigenvalue weighted by atomic mass is 14.9. The van der Waals surface area contributed by atoms with Crippen LogP contribution in [0.1, 0.15) is 59.1 Å². The molecule has 0 saturated carbocycles. The van der Waals surface area contributed by atoms with Crippen molar-refractivity contribution in [2.24, 2.45) is 5.41 Å². The van der Waals surface area contributed by atoms with E-state index in [9.17, 15) is 0 Å². The molecule has 1 atom stereocenters. The summed E-state index contributed by atoms with van der Waals surface area (Å²) in [6.07, 6.45) is 3.88. The summed E-state index contributed by atoms with van der Waals surface area (Å²) < 4.78 is 0. The Balaban J connectivity index is 0. The molecule has 0 spiro atoms. The van der Waals surface area contributed by atoms with Gasteiger partial charge in [0.15, 0.2) is 0 Å². The topological polar surface area (TPSA) is 12.0 Å². The first-order valence-corrected chi connectivity index (χ1v) is 8.48. The van der Waals surface area contributed by atoms with Gasteiger partial charge in [-0.2, -0.15) is 0 Å². The van der Waals surface area contributed by atoms with Gasteiger partial charge in [-0.25, -0.2) is 0 Å². The Morgan fingerprint density at radius 1 is 1.22 bits per heavy atom. The monoisotopic (exact) mass is 315 g/mol. The molecule has 0 saturated heterocycles. The molecule has 1 N–H and O–H groups in total. The minimum atomic E-state index is 0.256. The van der Waals surface area contributed by atoms with Crippen LogP contribution in [0.25, 0.3) is 6.08 Å². The van der Waals surface area contributed by atoms with Gasteiger partial charge in [0.2, 0.25) is 0 Å². The van der Waals surface area contributed by atoms with Crippen molar-refractivity contribution in [3.8, 4) is 0 Å². The van der Waals surface area contributed by atoms with E-state index in [1.54, 1.807) is 0 Å². The highest BCUT2D eigenvalue weighted by Crippen LogP contribution is 2.20. The number of rotatable bonds is 6. The zero-order valence-electron chi connectivity index (χ0n) is 16.2. The van der Waals surface area contributed by atoms with Gasteiger partial charge in [0.1, 0.15) is 0 Å². The van der Waals surface area contributed by atoms with Crippen LogP contribution in [0.4, 0.5) is 0 Å². The molecule has 0 radical (unpaired) electrons. The normalized spacial score (nSPS) is 11.0. The van der Waals surface area contributed by atoms with Crippen molar-refractivity contribution in [1.82, 2.24) is 5.32 Å². The van der Waals surface area contributed by atoms with E-state index in [1.807, 2.05) is 19.9 Å². The maximum Gasteiger partial charge on any atom is 0.0278 e. The molecule has 1 nitrogen and oxygen atoms in total. The molecule has 1 unspecified atom stereocenters. The first-order chi connectivity index (χ1) is 10.8. The van der Waals surface area contributed by atoms with E-state index < -0.39 is 0 Å². The van der Waals surface area contributed by atoms with E-state index in [1.165, 1.54) is 11.1 Å². The SMILES string of the molecule is C=C.C=Cc1cccc(CCC(=C)NC(C)C(C)(C)C)c1.CC. The molecule has 1 aromatic rings. The van der Waals surface area contributed by atoms with E-state index in [-0.39, 0.29) is 5.41 Å². The Morgan fingerprint density at radius 3 is 2.26 bits per heavy atom. The maximum absolute atomic E-state index is 4.13. The summed E-state index contributed by atoms with van der Waals surface area (Å²) in [5, 5.41) is 3.50. The molecule has 1 heteroatoms. The van der Waals surface area contributed by atoms with Gasteiger partial charge in [-0.05, 0) is 36.3 Å². The van der Waals surface area contributed by atoms with E-state index in [0.29, 0.717) is 6.04 Å². The fourth-order valence-electron chi connectivity index (χ4n) is 1.77. The summed E-state index contributed by atoms with van der Waals surface area (Å²) in [7, 11) is 0. The van der Waals surface area contributed by atoms with Crippen LogP contribution < -0.4 is 5.32 Å². The lowest BCUT2D eigenvalue weighted by Gasteiger charge is -2.29. The van der Waals surface area contributed by atoms with Crippen molar-refractivity contribution in [3.63, 3.8) is 0 Å². The highest BCUT2D eigenvalue weighted by molar-refractivity contribution is 5.47. The van der Waals surface area contributed by atoms with Gasteiger partial charge in [0, 0.05) is 11.7 Å².